The van der Waals surface area contributed by atoms with Gasteiger partial charge in [0.05, 0.1) is 0 Å². The second-order valence-electron chi connectivity index (χ2n) is 6.55. The molecule has 0 saturated carbocycles. The second kappa shape index (κ2) is 5.82. The predicted octanol–water partition coefficient (Wildman–Crippen LogP) is 6.00. The van der Waals surface area contributed by atoms with Gasteiger partial charge in [0.25, 0.3) is 0 Å². The molecule has 0 aliphatic heterocycles. The van der Waals surface area contributed by atoms with Crippen molar-refractivity contribution in [2.24, 2.45) is 0 Å². The molecule has 1 aliphatic carbocycles. The summed E-state index contributed by atoms with van der Waals surface area (Å²) in [5.41, 5.74) is 5.68. The fourth-order valence-electron chi connectivity index (χ4n) is 3.81. The van der Waals surface area contributed by atoms with Crippen LogP contribution in [0.4, 0.5) is 0 Å². The summed E-state index contributed by atoms with van der Waals surface area (Å²) in [6.07, 6.45) is 0. The lowest BCUT2D eigenvalue weighted by molar-refractivity contribution is 0.105. The van der Waals surface area contributed by atoms with Crippen molar-refractivity contribution in [3.8, 4) is 0 Å². The van der Waals surface area contributed by atoms with E-state index in [1.807, 2.05) is 66.7 Å². The molecule has 0 saturated heterocycles. The molecule has 0 spiro atoms. The molecule has 0 N–H and O–H groups in total. The van der Waals surface area contributed by atoms with E-state index in [1.165, 1.54) is 10.8 Å². The van der Waals surface area contributed by atoms with Crippen molar-refractivity contribution in [1.82, 2.24) is 0 Å². The lowest BCUT2D eigenvalue weighted by Gasteiger charge is -2.10. The van der Waals surface area contributed by atoms with Crippen LogP contribution < -0.4 is 0 Å². The summed E-state index contributed by atoms with van der Waals surface area (Å²) >= 11 is 0. The minimum atomic E-state index is 0.106. The van der Waals surface area contributed by atoms with Gasteiger partial charge in [0, 0.05) is 16.7 Å². The van der Waals surface area contributed by atoms with Crippen molar-refractivity contribution in [3.05, 3.63) is 119 Å². The van der Waals surface area contributed by atoms with Crippen molar-refractivity contribution in [2.75, 3.05) is 0 Å². The predicted molar refractivity (Wildman–Crippen MR) is 107 cm³/mol. The molecule has 26 heavy (non-hydrogen) atoms. The molecular formula is C25H16O. The normalized spacial score (nSPS) is 13.3. The van der Waals surface area contributed by atoms with E-state index in [0.29, 0.717) is 0 Å². The third-order valence-corrected chi connectivity index (χ3v) is 5.02. The highest BCUT2D eigenvalue weighted by atomic mass is 16.1. The summed E-state index contributed by atoms with van der Waals surface area (Å²) in [6, 6.07) is 32.6. The number of benzene rings is 4. The van der Waals surface area contributed by atoms with Crippen LogP contribution in [-0.4, -0.2) is 5.78 Å². The van der Waals surface area contributed by atoms with Crippen molar-refractivity contribution < 1.29 is 4.79 Å². The van der Waals surface area contributed by atoms with Crippen LogP contribution in [0.2, 0.25) is 0 Å². The van der Waals surface area contributed by atoms with E-state index in [9.17, 15) is 4.79 Å². The zero-order chi connectivity index (χ0) is 17.5. The molecule has 4 aromatic rings. The Morgan fingerprint density at radius 1 is 0.462 bits per heavy atom. The Balaban J connectivity index is 1.83. The topological polar surface area (TPSA) is 17.1 Å². The number of carbonyl (C=O) groups is 1. The Bertz CT molecular complexity index is 1180. The standard InChI is InChI=1S/C25H16O/c26-25-22-13-7-6-12-21(22)23(24(25)18-9-2-1-3-10-18)20-15-14-17-8-4-5-11-19(17)16-20/h1-16H. The van der Waals surface area contributed by atoms with Crippen LogP contribution in [0.3, 0.4) is 0 Å². The summed E-state index contributed by atoms with van der Waals surface area (Å²) in [5, 5.41) is 2.39. The number of rotatable bonds is 2. The molecular weight excluding hydrogens is 316 g/mol. The Morgan fingerprint density at radius 3 is 1.92 bits per heavy atom. The Hall–Kier alpha value is -3.45. The molecule has 1 heteroatoms. The molecule has 0 unspecified atom stereocenters. The van der Waals surface area contributed by atoms with Gasteiger partial charge < -0.3 is 0 Å². The number of Topliss-reactive ketones (excluding diaryl/α,β-unsaturated/α-hetero) is 1. The number of hydrogen-bond acceptors (Lipinski definition) is 1. The maximum atomic E-state index is 13.2. The molecule has 0 amide bonds. The minimum absolute atomic E-state index is 0.106. The van der Waals surface area contributed by atoms with Gasteiger partial charge in [-0.05, 0) is 33.5 Å². The van der Waals surface area contributed by atoms with Crippen molar-refractivity contribution in [2.45, 2.75) is 0 Å². The highest BCUT2D eigenvalue weighted by molar-refractivity contribution is 6.41. The SMILES string of the molecule is O=C1C(c2ccccc2)=C(c2ccc3ccccc3c2)c2ccccc21. The van der Waals surface area contributed by atoms with Gasteiger partial charge in [-0.25, -0.2) is 0 Å². The summed E-state index contributed by atoms with van der Waals surface area (Å²) in [5.74, 6) is 0.106. The molecule has 122 valence electrons. The number of ketones is 1. The number of fused-ring (bicyclic) bond motifs is 2. The number of carbonyl (C=O) groups excluding carboxylic acids is 1. The van der Waals surface area contributed by atoms with Crippen LogP contribution in [0, 0.1) is 0 Å². The smallest absolute Gasteiger partial charge is 0.194 e. The summed E-state index contributed by atoms with van der Waals surface area (Å²) in [4.78, 5) is 13.2. The Kier molecular flexibility index (Phi) is 3.32. The molecule has 1 nitrogen and oxygen atoms in total. The molecule has 0 heterocycles. The molecule has 0 atom stereocenters. The van der Waals surface area contributed by atoms with Crippen LogP contribution in [0.25, 0.3) is 21.9 Å². The van der Waals surface area contributed by atoms with Gasteiger partial charge in [0.1, 0.15) is 0 Å². The first-order valence-electron chi connectivity index (χ1n) is 8.76. The first-order chi connectivity index (χ1) is 12.8. The van der Waals surface area contributed by atoms with Crippen LogP contribution >= 0.6 is 0 Å². The zero-order valence-corrected chi connectivity index (χ0v) is 14.1. The van der Waals surface area contributed by atoms with Crippen molar-refractivity contribution in [1.29, 1.82) is 0 Å². The van der Waals surface area contributed by atoms with Crippen LogP contribution in [-0.2, 0) is 0 Å². The first-order valence-corrected chi connectivity index (χ1v) is 8.76. The highest BCUT2D eigenvalue weighted by Gasteiger charge is 2.30. The zero-order valence-electron chi connectivity index (χ0n) is 14.1. The quantitative estimate of drug-likeness (QED) is 0.440. The third-order valence-electron chi connectivity index (χ3n) is 5.02. The lowest BCUT2D eigenvalue weighted by Crippen LogP contribution is -1.98. The van der Waals surface area contributed by atoms with E-state index in [2.05, 4.69) is 30.3 Å². The van der Waals surface area contributed by atoms with E-state index in [0.717, 1.165) is 33.4 Å². The van der Waals surface area contributed by atoms with Crippen LogP contribution in [0.1, 0.15) is 27.0 Å². The van der Waals surface area contributed by atoms with E-state index < -0.39 is 0 Å². The van der Waals surface area contributed by atoms with Gasteiger partial charge in [0.2, 0.25) is 0 Å². The first kappa shape index (κ1) is 14.9. The average molecular weight is 332 g/mol. The summed E-state index contributed by atoms with van der Waals surface area (Å²) in [6.45, 7) is 0. The van der Waals surface area contributed by atoms with Gasteiger partial charge >= 0.3 is 0 Å². The van der Waals surface area contributed by atoms with E-state index >= 15 is 0 Å². The fourth-order valence-corrected chi connectivity index (χ4v) is 3.81. The van der Waals surface area contributed by atoms with Gasteiger partial charge in [-0.1, -0.05) is 91.0 Å². The average Bonchev–Trinajstić information content (AvgIpc) is 3.01. The van der Waals surface area contributed by atoms with Crippen molar-refractivity contribution in [3.63, 3.8) is 0 Å². The van der Waals surface area contributed by atoms with E-state index in [4.69, 9.17) is 0 Å². The molecule has 1 aliphatic rings. The third kappa shape index (κ3) is 2.21. The maximum Gasteiger partial charge on any atom is 0.194 e. The Labute approximate surface area is 152 Å². The molecule has 5 rings (SSSR count). The fraction of sp³-hybridized carbons (Fsp3) is 0. The minimum Gasteiger partial charge on any atom is -0.289 e. The Morgan fingerprint density at radius 2 is 1.12 bits per heavy atom. The number of hydrogen-bond donors (Lipinski definition) is 0. The summed E-state index contributed by atoms with van der Waals surface area (Å²) in [7, 11) is 0. The largest absolute Gasteiger partial charge is 0.289 e. The second-order valence-corrected chi connectivity index (χ2v) is 6.55. The van der Waals surface area contributed by atoms with E-state index in [1.54, 1.807) is 0 Å². The molecule has 0 bridgehead atoms. The lowest BCUT2D eigenvalue weighted by atomic mass is 9.93. The van der Waals surface area contributed by atoms with Gasteiger partial charge in [-0.15, -0.1) is 0 Å². The van der Waals surface area contributed by atoms with E-state index in [-0.39, 0.29) is 5.78 Å². The van der Waals surface area contributed by atoms with Crippen LogP contribution in [0.5, 0.6) is 0 Å². The van der Waals surface area contributed by atoms with Crippen molar-refractivity contribution >= 4 is 27.7 Å². The number of allylic oxidation sites excluding steroid dienone is 1. The highest BCUT2D eigenvalue weighted by Crippen LogP contribution is 2.42. The van der Waals surface area contributed by atoms with Gasteiger partial charge in [0.15, 0.2) is 5.78 Å². The molecule has 0 radical (unpaired) electrons. The van der Waals surface area contributed by atoms with Crippen LogP contribution in [0.15, 0.2) is 97.1 Å². The molecule has 0 fully saturated rings. The molecule has 4 aromatic carbocycles. The maximum absolute atomic E-state index is 13.2. The summed E-state index contributed by atoms with van der Waals surface area (Å²) < 4.78 is 0. The monoisotopic (exact) mass is 332 g/mol. The molecule has 0 aromatic heterocycles. The van der Waals surface area contributed by atoms with Gasteiger partial charge in [-0.3, -0.25) is 4.79 Å². The van der Waals surface area contributed by atoms with Gasteiger partial charge in [-0.2, -0.15) is 0 Å².